The number of carbonyl (C=O) groups excluding carboxylic acids is 1. The minimum Gasteiger partial charge on any atom is -0.478 e. The van der Waals surface area contributed by atoms with Crippen LogP contribution in [0.25, 0.3) is 0 Å². The van der Waals surface area contributed by atoms with Crippen molar-refractivity contribution >= 4 is 11.7 Å². The molecule has 3 rings (SSSR count). The van der Waals surface area contributed by atoms with Crippen molar-refractivity contribution in [2.24, 2.45) is 0 Å². The molecule has 1 amide bonds. The molecular formula is C19H24N4O2. The molecule has 0 radical (unpaired) electrons. The SMILES string of the molecule is CCOc1cc(N2CCN(C(=O)c3ccc(C)cc3)CC2)nc(C)n1. The zero-order chi connectivity index (χ0) is 17.8. The van der Waals surface area contributed by atoms with Gasteiger partial charge in [-0.3, -0.25) is 4.79 Å². The lowest BCUT2D eigenvalue weighted by Crippen LogP contribution is -2.49. The Labute approximate surface area is 148 Å². The molecule has 6 nitrogen and oxygen atoms in total. The van der Waals surface area contributed by atoms with Crippen molar-refractivity contribution in [2.45, 2.75) is 20.8 Å². The fraction of sp³-hybridized carbons (Fsp3) is 0.421. The third-order valence-corrected chi connectivity index (χ3v) is 4.28. The van der Waals surface area contributed by atoms with Crippen molar-refractivity contribution < 1.29 is 9.53 Å². The highest BCUT2D eigenvalue weighted by Crippen LogP contribution is 2.20. The summed E-state index contributed by atoms with van der Waals surface area (Å²) in [4.78, 5) is 25.5. The molecule has 2 aromatic rings. The van der Waals surface area contributed by atoms with Crippen molar-refractivity contribution in [3.63, 3.8) is 0 Å². The van der Waals surface area contributed by atoms with Crippen molar-refractivity contribution in [2.75, 3.05) is 37.7 Å². The molecular weight excluding hydrogens is 316 g/mol. The highest BCUT2D eigenvalue weighted by molar-refractivity contribution is 5.94. The zero-order valence-corrected chi connectivity index (χ0v) is 15.0. The molecule has 0 bridgehead atoms. The Morgan fingerprint density at radius 1 is 1.08 bits per heavy atom. The topological polar surface area (TPSA) is 58.6 Å². The largest absolute Gasteiger partial charge is 0.478 e. The lowest BCUT2D eigenvalue weighted by atomic mass is 10.1. The predicted octanol–water partition coefficient (Wildman–Crippen LogP) is 2.45. The van der Waals surface area contributed by atoms with Gasteiger partial charge in [-0.1, -0.05) is 17.7 Å². The summed E-state index contributed by atoms with van der Waals surface area (Å²) < 4.78 is 5.50. The average molecular weight is 340 g/mol. The van der Waals surface area contributed by atoms with Gasteiger partial charge >= 0.3 is 0 Å². The average Bonchev–Trinajstić information content (AvgIpc) is 2.62. The number of hydrogen-bond donors (Lipinski definition) is 0. The second-order valence-electron chi connectivity index (χ2n) is 6.19. The standard InChI is InChI=1S/C19H24N4O2/c1-4-25-18-13-17(20-15(3)21-18)22-9-11-23(12-10-22)19(24)16-7-5-14(2)6-8-16/h5-8,13H,4,9-12H2,1-3H3. The molecule has 25 heavy (non-hydrogen) atoms. The normalized spacial score (nSPS) is 14.5. The van der Waals surface area contributed by atoms with Crippen LogP contribution in [0.5, 0.6) is 5.88 Å². The van der Waals surface area contributed by atoms with Crippen molar-refractivity contribution in [1.82, 2.24) is 14.9 Å². The molecule has 1 aliphatic heterocycles. The Kier molecular flexibility index (Phi) is 5.16. The van der Waals surface area contributed by atoms with Gasteiger partial charge in [0.05, 0.1) is 6.61 Å². The van der Waals surface area contributed by atoms with E-state index in [1.807, 2.05) is 56.0 Å². The predicted molar refractivity (Wildman–Crippen MR) is 97.2 cm³/mol. The summed E-state index contributed by atoms with van der Waals surface area (Å²) in [6.45, 7) is 9.26. The Morgan fingerprint density at radius 3 is 2.40 bits per heavy atom. The monoisotopic (exact) mass is 340 g/mol. The van der Waals surface area contributed by atoms with Crippen LogP contribution >= 0.6 is 0 Å². The van der Waals surface area contributed by atoms with E-state index < -0.39 is 0 Å². The number of rotatable bonds is 4. The molecule has 0 N–H and O–H groups in total. The van der Waals surface area contributed by atoms with Gasteiger partial charge < -0.3 is 14.5 Å². The van der Waals surface area contributed by atoms with E-state index >= 15 is 0 Å². The maximum atomic E-state index is 12.6. The summed E-state index contributed by atoms with van der Waals surface area (Å²) in [5, 5.41) is 0. The molecule has 6 heteroatoms. The lowest BCUT2D eigenvalue weighted by molar-refractivity contribution is 0.0746. The highest BCUT2D eigenvalue weighted by atomic mass is 16.5. The fourth-order valence-corrected chi connectivity index (χ4v) is 2.93. The van der Waals surface area contributed by atoms with E-state index in [9.17, 15) is 4.79 Å². The summed E-state index contributed by atoms with van der Waals surface area (Å²) in [5.74, 6) is 2.24. The molecule has 0 aliphatic carbocycles. The smallest absolute Gasteiger partial charge is 0.253 e. The molecule has 1 aromatic carbocycles. The van der Waals surface area contributed by atoms with Gasteiger partial charge in [0.25, 0.3) is 5.91 Å². The number of hydrogen-bond acceptors (Lipinski definition) is 5. The zero-order valence-electron chi connectivity index (χ0n) is 15.0. The summed E-state index contributed by atoms with van der Waals surface area (Å²) in [7, 11) is 0. The molecule has 0 atom stereocenters. The van der Waals surface area contributed by atoms with Gasteiger partial charge in [-0.05, 0) is 32.9 Å². The third kappa shape index (κ3) is 4.07. The first-order chi connectivity index (χ1) is 12.1. The fourth-order valence-electron chi connectivity index (χ4n) is 2.93. The number of piperazine rings is 1. The van der Waals surface area contributed by atoms with Crippen molar-refractivity contribution in [3.05, 3.63) is 47.3 Å². The Morgan fingerprint density at radius 2 is 1.76 bits per heavy atom. The van der Waals surface area contributed by atoms with Crippen LogP contribution < -0.4 is 9.64 Å². The van der Waals surface area contributed by atoms with E-state index in [1.165, 1.54) is 0 Å². The lowest BCUT2D eigenvalue weighted by Gasteiger charge is -2.35. The van der Waals surface area contributed by atoms with Crippen LogP contribution in [0.1, 0.15) is 28.7 Å². The van der Waals surface area contributed by atoms with Crippen LogP contribution in [0.15, 0.2) is 30.3 Å². The summed E-state index contributed by atoms with van der Waals surface area (Å²) in [5.41, 5.74) is 1.90. The molecule has 1 saturated heterocycles. The Balaban J connectivity index is 1.65. The minimum atomic E-state index is 0.0912. The number of aryl methyl sites for hydroxylation is 2. The summed E-state index contributed by atoms with van der Waals surface area (Å²) in [6, 6.07) is 9.61. The molecule has 132 valence electrons. The van der Waals surface area contributed by atoms with Gasteiger partial charge in [0, 0.05) is 37.8 Å². The van der Waals surface area contributed by atoms with Gasteiger partial charge in [-0.25, -0.2) is 4.98 Å². The van der Waals surface area contributed by atoms with Crippen LogP contribution in [0.3, 0.4) is 0 Å². The van der Waals surface area contributed by atoms with Gasteiger partial charge in [0.2, 0.25) is 5.88 Å². The summed E-state index contributed by atoms with van der Waals surface area (Å²) in [6.07, 6.45) is 0. The Hall–Kier alpha value is -2.63. The van der Waals surface area contributed by atoms with E-state index in [1.54, 1.807) is 0 Å². The van der Waals surface area contributed by atoms with E-state index in [0.29, 0.717) is 31.4 Å². The Bertz CT molecular complexity index is 738. The quantitative estimate of drug-likeness (QED) is 0.856. The third-order valence-electron chi connectivity index (χ3n) is 4.28. The summed E-state index contributed by atoms with van der Waals surface area (Å²) >= 11 is 0. The van der Waals surface area contributed by atoms with Crippen LogP contribution in [0.2, 0.25) is 0 Å². The van der Waals surface area contributed by atoms with E-state index in [4.69, 9.17) is 4.74 Å². The van der Waals surface area contributed by atoms with Gasteiger partial charge in [-0.15, -0.1) is 0 Å². The van der Waals surface area contributed by atoms with Crippen molar-refractivity contribution in [3.8, 4) is 5.88 Å². The molecule has 1 fully saturated rings. The minimum absolute atomic E-state index is 0.0912. The van der Waals surface area contributed by atoms with Crippen LogP contribution in [0, 0.1) is 13.8 Å². The second-order valence-corrected chi connectivity index (χ2v) is 6.19. The molecule has 0 saturated carbocycles. The number of nitrogens with zero attached hydrogens (tertiary/aromatic N) is 4. The highest BCUT2D eigenvalue weighted by Gasteiger charge is 2.23. The number of amides is 1. The van der Waals surface area contributed by atoms with Crippen LogP contribution in [0.4, 0.5) is 5.82 Å². The van der Waals surface area contributed by atoms with E-state index in [0.717, 1.165) is 30.0 Å². The molecule has 0 spiro atoms. The van der Waals surface area contributed by atoms with Crippen LogP contribution in [-0.2, 0) is 0 Å². The first-order valence-electron chi connectivity index (χ1n) is 8.66. The number of anilines is 1. The number of ether oxygens (including phenoxy) is 1. The first-order valence-corrected chi connectivity index (χ1v) is 8.66. The molecule has 2 heterocycles. The molecule has 0 unspecified atom stereocenters. The van der Waals surface area contributed by atoms with Gasteiger partial charge in [0.15, 0.2) is 0 Å². The van der Waals surface area contributed by atoms with E-state index in [2.05, 4.69) is 14.9 Å². The second kappa shape index (κ2) is 7.51. The van der Waals surface area contributed by atoms with Crippen molar-refractivity contribution in [1.29, 1.82) is 0 Å². The molecule has 1 aromatic heterocycles. The number of carbonyl (C=O) groups is 1. The molecule has 1 aliphatic rings. The number of aromatic nitrogens is 2. The maximum absolute atomic E-state index is 12.6. The van der Waals surface area contributed by atoms with Gasteiger partial charge in [0.1, 0.15) is 11.6 Å². The maximum Gasteiger partial charge on any atom is 0.253 e. The number of benzene rings is 1. The first kappa shape index (κ1) is 17.2. The van der Waals surface area contributed by atoms with Gasteiger partial charge in [-0.2, -0.15) is 4.98 Å². The van der Waals surface area contributed by atoms with Crippen LogP contribution in [-0.4, -0.2) is 53.6 Å². The van der Waals surface area contributed by atoms with E-state index in [-0.39, 0.29) is 5.91 Å².